The minimum absolute atomic E-state index is 0.0260. The SMILES string of the molecule is C=C1C(=O)N[C@H](C)C(=O)N[C@@H](CCCN=C(N)N)C(=O)N[C@@H](C(=O)O)[C@H](C)C(=O)N[C@@H](CCC(=O)O)C(=O)N[C@@H](/C=C/C(C)=C/[C@H](C)[C@H](Cc2ccccc2)OC)[C@H](C)C(=O)N[C@@H](C(=O)O)CCC(=O)N1C. The summed E-state index contributed by atoms with van der Waals surface area (Å²) in [5, 5.41) is 44.4. The summed E-state index contributed by atoms with van der Waals surface area (Å²) < 4.78 is 5.78. The van der Waals surface area contributed by atoms with Crippen LogP contribution in [0.3, 0.4) is 0 Å². The van der Waals surface area contributed by atoms with Crippen LogP contribution < -0.4 is 43.4 Å². The molecule has 2 rings (SSSR count). The summed E-state index contributed by atoms with van der Waals surface area (Å²) in [4.78, 5) is 137. The molecular weight excluding hydrogens is 941 g/mol. The molecule has 72 heavy (non-hydrogen) atoms. The molecule has 24 nitrogen and oxygen atoms in total. The van der Waals surface area contributed by atoms with Crippen LogP contribution in [0.15, 0.2) is 71.4 Å². The largest absolute Gasteiger partial charge is 0.481 e. The van der Waals surface area contributed by atoms with Crippen LogP contribution in [0.1, 0.15) is 78.7 Å². The standard InChI is InChI=1S/C48H70N10O14/c1-25(23-26(2)36(72-8)24-31-13-10-9-11-14-31)16-17-32-27(3)40(62)56-35(46(68)69)18-20-37(59)58(7)30(6)43(65)52-29(5)42(64)55-33(15-12-22-51-48(49)50)45(67)57-39(47(70)71)28(4)41(63)54-34(44(66)53-32)19-21-38(60)61/h9-11,13-14,16-17,23,26-29,32-36,39H,6,12,15,18-22,24H2,1-5,7-8H3,(H,52,65)(H,53,66)(H,54,63)(H,55,64)(H,56,62)(H,57,67)(H,60,61)(H,68,69)(H,70,71)(H4,49,50,51)/b17-16+,25-23+/t26-,27-,28-,29+,32-,33-,34-,35+,36-,39+/m0/s1. The van der Waals surface area contributed by atoms with Crippen molar-refractivity contribution in [3.63, 3.8) is 0 Å². The van der Waals surface area contributed by atoms with Crippen molar-refractivity contribution in [2.24, 2.45) is 34.2 Å². The van der Waals surface area contributed by atoms with Gasteiger partial charge in [-0.05, 0) is 51.5 Å². The van der Waals surface area contributed by atoms with Gasteiger partial charge >= 0.3 is 17.9 Å². The van der Waals surface area contributed by atoms with E-state index in [1.165, 1.54) is 27.0 Å². The fourth-order valence-electron chi connectivity index (χ4n) is 7.29. The molecule has 0 bridgehead atoms. The number of amides is 7. The van der Waals surface area contributed by atoms with E-state index in [0.717, 1.165) is 17.4 Å². The van der Waals surface area contributed by atoms with Crippen molar-refractivity contribution in [2.45, 2.75) is 122 Å². The molecule has 0 aliphatic carbocycles. The van der Waals surface area contributed by atoms with Crippen molar-refractivity contribution in [2.75, 3.05) is 20.7 Å². The Hall–Kier alpha value is -7.63. The molecule has 0 unspecified atom stereocenters. The first kappa shape index (κ1) is 60.5. The number of benzene rings is 1. The molecule has 396 valence electrons. The fraction of sp³-hybridized carbons (Fsp3) is 0.521. The predicted molar refractivity (Wildman–Crippen MR) is 262 cm³/mol. The summed E-state index contributed by atoms with van der Waals surface area (Å²) in [7, 11) is 2.76. The molecule has 1 aliphatic heterocycles. The van der Waals surface area contributed by atoms with E-state index in [1.54, 1.807) is 20.1 Å². The maximum absolute atomic E-state index is 14.2. The first-order valence-corrected chi connectivity index (χ1v) is 23.2. The molecule has 1 aromatic rings. The number of rotatable bonds is 16. The summed E-state index contributed by atoms with van der Waals surface area (Å²) in [6, 6.07) is 0.0830. The number of likely N-dealkylation sites (N-methyl/N-ethyl adjacent to an activating group) is 1. The molecular formula is C48H70N10O14. The van der Waals surface area contributed by atoms with E-state index in [9.17, 15) is 63.3 Å². The van der Waals surface area contributed by atoms with Gasteiger partial charge in [-0.15, -0.1) is 0 Å². The van der Waals surface area contributed by atoms with Crippen molar-refractivity contribution in [1.29, 1.82) is 0 Å². The number of carboxylic acid groups (broad SMARTS) is 3. The average Bonchev–Trinajstić information content (AvgIpc) is 3.32. The first-order chi connectivity index (χ1) is 33.8. The van der Waals surface area contributed by atoms with Gasteiger partial charge < -0.3 is 68.3 Å². The van der Waals surface area contributed by atoms with Gasteiger partial charge in [0.15, 0.2) is 5.96 Å². The number of allylic oxidation sites excluding steroid dienone is 2. The van der Waals surface area contributed by atoms with E-state index in [4.69, 9.17) is 16.2 Å². The summed E-state index contributed by atoms with van der Waals surface area (Å²) in [6.45, 7) is 11.0. The van der Waals surface area contributed by atoms with Gasteiger partial charge in [-0.25, -0.2) is 9.59 Å². The Bertz CT molecular complexity index is 2230. The van der Waals surface area contributed by atoms with Crippen molar-refractivity contribution in [3.05, 3.63) is 72.0 Å². The highest BCUT2D eigenvalue weighted by Gasteiger charge is 2.37. The Kier molecular flexibility index (Phi) is 24.8. The smallest absolute Gasteiger partial charge is 0.327 e. The predicted octanol–water partition coefficient (Wildman–Crippen LogP) is -0.563. The van der Waals surface area contributed by atoms with Gasteiger partial charge in [0, 0.05) is 39.5 Å². The molecule has 24 heteroatoms. The Morgan fingerprint density at radius 1 is 0.833 bits per heavy atom. The minimum atomic E-state index is -2.01. The molecule has 0 saturated carbocycles. The number of carboxylic acids is 3. The van der Waals surface area contributed by atoms with Gasteiger partial charge in [0.1, 0.15) is 35.9 Å². The van der Waals surface area contributed by atoms with E-state index < -0.39 is 139 Å². The first-order valence-electron chi connectivity index (χ1n) is 23.2. The Balaban J connectivity index is 2.71. The number of aliphatic carboxylic acids is 3. The number of hydrogen-bond acceptors (Lipinski definition) is 12. The number of nitrogens with zero attached hydrogens (tertiary/aromatic N) is 2. The number of ether oxygens (including phenoxy) is 1. The second-order valence-electron chi connectivity index (χ2n) is 17.6. The van der Waals surface area contributed by atoms with Crippen LogP contribution in [0.5, 0.6) is 0 Å². The van der Waals surface area contributed by atoms with Crippen LogP contribution in [0.25, 0.3) is 0 Å². The lowest BCUT2D eigenvalue weighted by Crippen LogP contribution is -2.59. The van der Waals surface area contributed by atoms with Gasteiger partial charge in [-0.2, -0.15) is 0 Å². The lowest BCUT2D eigenvalue weighted by atomic mass is 9.94. The van der Waals surface area contributed by atoms with E-state index in [2.05, 4.69) is 43.5 Å². The maximum atomic E-state index is 14.2. The molecule has 10 atom stereocenters. The molecule has 7 amide bonds. The number of carbonyl (C=O) groups is 10. The van der Waals surface area contributed by atoms with Crippen molar-refractivity contribution in [1.82, 2.24) is 36.8 Å². The van der Waals surface area contributed by atoms with Crippen molar-refractivity contribution < 1.29 is 68.0 Å². The minimum Gasteiger partial charge on any atom is -0.481 e. The van der Waals surface area contributed by atoms with E-state index in [0.29, 0.717) is 12.0 Å². The van der Waals surface area contributed by atoms with E-state index >= 15 is 0 Å². The third-order valence-electron chi connectivity index (χ3n) is 11.9. The van der Waals surface area contributed by atoms with Gasteiger partial charge in [0.2, 0.25) is 35.4 Å². The van der Waals surface area contributed by atoms with E-state index in [-0.39, 0.29) is 37.4 Å². The number of hydrogen-bond donors (Lipinski definition) is 11. The quantitative estimate of drug-likeness (QED) is 0.0325. The van der Waals surface area contributed by atoms with Gasteiger partial charge in [-0.1, -0.05) is 81.5 Å². The number of methoxy groups -OCH3 is 1. The molecule has 13 N–H and O–H groups in total. The molecule has 1 fully saturated rings. The van der Waals surface area contributed by atoms with Gasteiger partial charge in [0.05, 0.1) is 24.0 Å². The second-order valence-corrected chi connectivity index (χ2v) is 17.6. The van der Waals surface area contributed by atoms with Crippen LogP contribution in [0.4, 0.5) is 0 Å². The number of nitrogens with one attached hydrogen (secondary N) is 6. The number of carbonyl (C=O) groups excluding carboxylic acids is 7. The van der Waals surface area contributed by atoms with Crippen molar-refractivity contribution in [3.8, 4) is 0 Å². The lowest BCUT2D eigenvalue weighted by Gasteiger charge is -2.28. The van der Waals surface area contributed by atoms with Crippen LogP contribution >= 0.6 is 0 Å². The zero-order valence-electron chi connectivity index (χ0n) is 41.6. The highest BCUT2D eigenvalue weighted by atomic mass is 16.5. The number of aliphatic imine (C=N–C) groups is 1. The second kappa shape index (κ2) is 29.5. The summed E-state index contributed by atoms with van der Waals surface area (Å²) in [5.41, 5.74) is 12.0. The third kappa shape index (κ3) is 20.0. The summed E-state index contributed by atoms with van der Waals surface area (Å²) in [6.07, 6.45) is 2.91. The molecule has 1 aromatic carbocycles. The average molecular weight is 1010 g/mol. The molecule has 1 aliphatic rings. The summed E-state index contributed by atoms with van der Waals surface area (Å²) >= 11 is 0. The molecule has 0 aromatic heterocycles. The normalized spacial score (nSPS) is 25.0. The lowest BCUT2D eigenvalue weighted by molar-refractivity contribution is -0.146. The topological polar surface area (TPSA) is 380 Å². The zero-order chi connectivity index (χ0) is 54.4. The van der Waals surface area contributed by atoms with Crippen LogP contribution in [0.2, 0.25) is 0 Å². The third-order valence-corrected chi connectivity index (χ3v) is 11.9. The summed E-state index contributed by atoms with van der Waals surface area (Å²) in [5.74, 6) is -14.9. The fourth-order valence-corrected chi connectivity index (χ4v) is 7.29. The molecule has 0 radical (unpaired) electrons. The van der Waals surface area contributed by atoms with E-state index in [1.807, 2.05) is 43.3 Å². The Morgan fingerprint density at radius 3 is 2.01 bits per heavy atom. The molecule has 1 saturated heterocycles. The van der Waals surface area contributed by atoms with Crippen LogP contribution in [-0.4, -0.2) is 148 Å². The van der Waals surface area contributed by atoms with Crippen LogP contribution in [0, 0.1) is 17.8 Å². The maximum Gasteiger partial charge on any atom is 0.327 e. The van der Waals surface area contributed by atoms with Crippen LogP contribution in [-0.2, 0) is 59.1 Å². The monoisotopic (exact) mass is 1010 g/mol. The highest BCUT2D eigenvalue weighted by molar-refractivity contribution is 6.00. The zero-order valence-corrected chi connectivity index (χ0v) is 41.6. The number of guanidine groups is 1. The van der Waals surface area contributed by atoms with Gasteiger partial charge in [-0.3, -0.25) is 43.3 Å². The van der Waals surface area contributed by atoms with Gasteiger partial charge in [0.25, 0.3) is 5.91 Å². The Morgan fingerprint density at radius 2 is 1.43 bits per heavy atom. The number of nitrogens with two attached hydrogens (primary N) is 2. The molecule has 1 heterocycles. The Labute approximate surface area is 417 Å². The highest BCUT2D eigenvalue weighted by Crippen LogP contribution is 2.19. The van der Waals surface area contributed by atoms with Crippen molar-refractivity contribution >= 4 is 65.2 Å². The molecule has 0 spiro atoms.